The fraction of sp³-hybridized carbons (Fsp3) is 0.455. The lowest BCUT2D eigenvalue weighted by Gasteiger charge is -2.28. The SMILES string of the molecule is Cc1noc(C)c1CCC(=O)N1[C@@H]2CC[C@H]1Cc1nnc(-c3ccccc3)n1C2. The fourth-order valence-corrected chi connectivity index (χ4v) is 4.87. The maximum absolute atomic E-state index is 13.2. The van der Waals surface area contributed by atoms with Gasteiger partial charge in [-0.05, 0) is 33.1 Å². The molecule has 0 N–H and O–H groups in total. The first-order valence-electron chi connectivity index (χ1n) is 10.3. The van der Waals surface area contributed by atoms with Gasteiger partial charge < -0.3 is 14.0 Å². The molecule has 1 aromatic carbocycles. The van der Waals surface area contributed by atoms with Crippen molar-refractivity contribution in [3.63, 3.8) is 0 Å². The quantitative estimate of drug-likeness (QED) is 0.683. The summed E-state index contributed by atoms with van der Waals surface area (Å²) in [5.74, 6) is 2.92. The van der Waals surface area contributed by atoms with Crippen LogP contribution in [0.4, 0.5) is 0 Å². The van der Waals surface area contributed by atoms with Crippen LogP contribution in [0.15, 0.2) is 34.9 Å². The van der Waals surface area contributed by atoms with E-state index >= 15 is 0 Å². The summed E-state index contributed by atoms with van der Waals surface area (Å²) in [5.41, 5.74) is 3.01. The minimum absolute atomic E-state index is 0.205. The number of fused-ring (bicyclic) bond motifs is 3. The molecule has 5 rings (SSSR count). The van der Waals surface area contributed by atoms with Crippen LogP contribution in [-0.4, -0.2) is 42.8 Å². The summed E-state index contributed by atoms with van der Waals surface area (Å²) in [6, 6.07) is 10.6. The van der Waals surface area contributed by atoms with Crippen molar-refractivity contribution in [2.45, 2.75) is 64.6 Å². The van der Waals surface area contributed by atoms with E-state index in [4.69, 9.17) is 4.52 Å². The predicted octanol–water partition coefficient (Wildman–Crippen LogP) is 3.10. The largest absolute Gasteiger partial charge is 0.361 e. The Morgan fingerprint density at radius 3 is 2.69 bits per heavy atom. The lowest BCUT2D eigenvalue weighted by Crippen LogP contribution is -2.42. The average molecular weight is 391 g/mol. The number of rotatable bonds is 4. The fourth-order valence-electron chi connectivity index (χ4n) is 4.87. The zero-order chi connectivity index (χ0) is 20.0. The molecule has 7 nitrogen and oxygen atoms in total. The molecule has 150 valence electrons. The molecule has 2 aliphatic heterocycles. The van der Waals surface area contributed by atoms with Crippen molar-refractivity contribution in [3.05, 3.63) is 53.2 Å². The standard InChI is InChI=1S/C22H25N5O2/c1-14-19(15(2)29-25-14)10-11-21(28)27-17-8-9-18(27)13-26-20(12-17)23-24-22(26)16-6-4-3-5-7-16/h3-7,17-18H,8-13H2,1-2H3/t17-,18+/m0/s1. The van der Waals surface area contributed by atoms with Gasteiger partial charge in [0.05, 0.1) is 11.7 Å². The van der Waals surface area contributed by atoms with Gasteiger partial charge >= 0.3 is 0 Å². The summed E-state index contributed by atoms with van der Waals surface area (Å²) in [4.78, 5) is 15.3. The molecular formula is C22H25N5O2. The molecule has 0 aliphatic carbocycles. The zero-order valence-electron chi connectivity index (χ0n) is 16.8. The molecule has 2 aromatic heterocycles. The second kappa shape index (κ2) is 7.13. The van der Waals surface area contributed by atoms with E-state index < -0.39 is 0 Å². The number of hydrogen-bond acceptors (Lipinski definition) is 5. The van der Waals surface area contributed by atoms with Gasteiger partial charge in [0.25, 0.3) is 0 Å². The first-order valence-corrected chi connectivity index (χ1v) is 10.3. The highest BCUT2D eigenvalue weighted by molar-refractivity contribution is 5.77. The molecule has 0 spiro atoms. The minimum Gasteiger partial charge on any atom is -0.361 e. The van der Waals surface area contributed by atoms with Crippen LogP contribution in [0.3, 0.4) is 0 Å². The van der Waals surface area contributed by atoms with E-state index in [2.05, 4.69) is 37.0 Å². The van der Waals surface area contributed by atoms with Gasteiger partial charge in [-0.1, -0.05) is 35.5 Å². The van der Waals surface area contributed by atoms with Crippen LogP contribution in [0.2, 0.25) is 0 Å². The highest BCUT2D eigenvalue weighted by Gasteiger charge is 2.40. The summed E-state index contributed by atoms with van der Waals surface area (Å²) in [6.45, 7) is 4.61. The summed E-state index contributed by atoms with van der Waals surface area (Å²) in [6.07, 6.45) is 4.01. The molecule has 2 atom stereocenters. The normalized spacial score (nSPS) is 20.6. The van der Waals surface area contributed by atoms with Gasteiger partial charge in [0.15, 0.2) is 5.82 Å². The minimum atomic E-state index is 0.205. The van der Waals surface area contributed by atoms with Gasteiger partial charge in [-0.15, -0.1) is 10.2 Å². The Bertz CT molecular complexity index is 1020. The van der Waals surface area contributed by atoms with Gasteiger partial charge in [0.2, 0.25) is 5.91 Å². The summed E-state index contributed by atoms with van der Waals surface area (Å²) in [5, 5.41) is 12.9. The van der Waals surface area contributed by atoms with Crippen molar-refractivity contribution in [1.29, 1.82) is 0 Å². The van der Waals surface area contributed by atoms with Crippen molar-refractivity contribution in [1.82, 2.24) is 24.8 Å². The third kappa shape index (κ3) is 3.14. The molecule has 1 fully saturated rings. The molecule has 1 amide bonds. The number of amides is 1. The van der Waals surface area contributed by atoms with E-state index in [1.807, 2.05) is 32.0 Å². The molecule has 0 saturated carbocycles. The smallest absolute Gasteiger partial charge is 0.223 e. The second-order valence-corrected chi connectivity index (χ2v) is 8.11. The van der Waals surface area contributed by atoms with Crippen LogP contribution in [0.5, 0.6) is 0 Å². The van der Waals surface area contributed by atoms with E-state index in [1.54, 1.807) is 0 Å². The van der Waals surface area contributed by atoms with E-state index in [0.29, 0.717) is 12.8 Å². The Morgan fingerprint density at radius 1 is 1.14 bits per heavy atom. The third-order valence-electron chi connectivity index (χ3n) is 6.35. The first-order chi connectivity index (χ1) is 14.1. The third-order valence-corrected chi connectivity index (χ3v) is 6.35. The molecule has 4 heterocycles. The van der Waals surface area contributed by atoms with E-state index in [1.165, 1.54) is 0 Å². The number of hydrogen-bond donors (Lipinski definition) is 0. The van der Waals surface area contributed by atoms with Gasteiger partial charge in [-0.3, -0.25) is 4.79 Å². The molecule has 3 aromatic rings. The van der Waals surface area contributed by atoms with Gasteiger partial charge in [-0.25, -0.2) is 0 Å². The number of nitrogens with zero attached hydrogens (tertiary/aromatic N) is 5. The second-order valence-electron chi connectivity index (χ2n) is 8.11. The van der Waals surface area contributed by atoms with Crippen LogP contribution >= 0.6 is 0 Å². The first kappa shape index (κ1) is 18.1. The highest BCUT2D eigenvalue weighted by Crippen LogP contribution is 2.34. The molecule has 0 radical (unpaired) electrons. The van der Waals surface area contributed by atoms with Crippen LogP contribution in [0.1, 0.15) is 42.1 Å². The highest BCUT2D eigenvalue weighted by atomic mass is 16.5. The van der Waals surface area contributed by atoms with E-state index in [0.717, 1.165) is 60.0 Å². The lowest BCUT2D eigenvalue weighted by molar-refractivity contribution is -0.134. The number of aryl methyl sites for hydroxylation is 2. The Labute approximate surface area is 169 Å². The number of carbonyl (C=O) groups is 1. The van der Waals surface area contributed by atoms with Crippen molar-refractivity contribution >= 4 is 5.91 Å². The molecule has 2 bridgehead atoms. The maximum atomic E-state index is 13.2. The predicted molar refractivity (Wildman–Crippen MR) is 107 cm³/mol. The average Bonchev–Trinajstić information content (AvgIpc) is 3.36. The number of aromatic nitrogens is 4. The molecular weight excluding hydrogens is 366 g/mol. The Hall–Kier alpha value is -2.96. The van der Waals surface area contributed by atoms with Crippen molar-refractivity contribution in [3.8, 4) is 11.4 Å². The maximum Gasteiger partial charge on any atom is 0.223 e. The summed E-state index contributed by atoms with van der Waals surface area (Å²) >= 11 is 0. The molecule has 7 heteroatoms. The molecule has 29 heavy (non-hydrogen) atoms. The zero-order valence-corrected chi connectivity index (χ0v) is 16.8. The molecule has 1 saturated heterocycles. The lowest BCUT2D eigenvalue weighted by atomic mass is 10.1. The van der Waals surface area contributed by atoms with Gasteiger partial charge in [0.1, 0.15) is 11.6 Å². The van der Waals surface area contributed by atoms with Crippen LogP contribution in [-0.2, 0) is 24.2 Å². The van der Waals surface area contributed by atoms with Crippen molar-refractivity contribution < 1.29 is 9.32 Å². The van der Waals surface area contributed by atoms with Gasteiger partial charge in [0, 0.05) is 36.6 Å². The van der Waals surface area contributed by atoms with Crippen molar-refractivity contribution in [2.75, 3.05) is 0 Å². The number of carbonyl (C=O) groups excluding carboxylic acids is 1. The Kier molecular flexibility index (Phi) is 4.45. The summed E-state index contributed by atoms with van der Waals surface area (Å²) in [7, 11) is 0. The molecule has 0 unspecified atom stereocenters. The number of benzene rings is 1. The van der Waals surface area contributed by atoms with E-state index in [9.17, 15) is 4.79 Å². The molecule has 2 aliphatic rings. The van der Waals surface area contributed by atoms with E-state index in [-0.39, 0.29) is 18.0 Å². The van der Waals surface area contributed by atoms with Crippen LogP contribution in [0, 0.1) is 13.8 Å². The summed E-state index contributed by atoms with van der Waals surface area (Å²) < 4.78 is 7.46. The monoisotopic (exact) mass is 391 g/mol. The van der Waals surface area contributed by atoms with Crippen molar-refractivity contribution in [2.24, 2.45) is 0 Å². The topological polar surface area (TPSA) is 77.1 Å². The Balaban J connectivity index is 1.36. The van der Waals surface area contributed by atoms with Gasteiger partial charge in [-0.2, -0.15) is 0 Å². The Morgan fingerprint density at radius 2 is 1.93 bits per heavy atom. The van der Waals surface area contributed by atoms with Crippen LogP contribution in [0.25, 0.3) is 11.4 Å². The van der Waals surface area contributed by atoms with Crippen LogP contribution < -0.4 is 0 Å².